The minimum Gasteiger partial charge on any atom is -0.488 e. The van der Waals surface area contributed by atoms with Gasteiger partial charge in [0.25, 0.3) is 0 Å². The summed E-state index contributed by atoms with van der Waals surface area (Å²) in [6, 6.07) is 16.4. The van der Waals surface area contributed by atoms with E-state index in [1.165, 1.54) is 5.56 Å². The second-order valence-electron chi connectivity index (χ2n) is 8.17. The lowest BCUT2D eigenvalue weighted by Gasteiger charge is -2.23. The predicted molar refractivity (Wildman–Crippen MR) is 126 cm³/mol. The van der Waals surface area contributed by atoms with Crippen molar-refractivity contribution >= 4 is 5.96 Å². The SMILES string of the molecule is CCOCCOCc1cccc(CNC(=NC)NCc2ccccc2OC(C)(C)C)c1. The van der Waals surface area contributed by atoms with E-state index in [9.17, 15) is 0 Å². The van der Waals surface area contributed by atoms with Crippen LogP contribution in [0.4, 0.5) is 0 Å². The van der Waals surface area contributed by atoms with Crippen LogP contribution in [0.5, 0.6) is 5.75 Å². The summed E-state index contributed by atoms with van der Waals surface area (Å²) in [4.78, 5) is 4.34. The molecule has 0 heterocycles. The maximum Gasteiger partial charge on any atom is 0.191 e. The third-order valence-corrected chi connectivity index (χ3v) is 4.35. The number of aliphatic imine (C=N–C) groups is 1. The van der Waals surface area contributed by atoms with E-state index in [4.69, 9.17) is 14.2 Å². The van der Waals surface area contributed by atoms with Gasteiger partial charge >= 0.3 is 0 Å². The van der Waals surface area contributed by atoms with E-state index >= 15 is 0 Å². The summed E-state index contributed by atoms with van der Waals surface area (Å²) in [7, 11) is 1.77. The van der Waals surface area contributed by atoms with Gasteiger partial charge < -0.3 is 24.8 Å². The van der Waals surface area contributed by atoms with Crippen molar-refractivity contribution in [1.82, 2.24) is 10.6 Å². The fraction of sp³-hybridized carbons (Fsp3) is 0.480. The van der Waals surface area contributed by atoms with Crippen LogP contribution in [0.2, 0.25) is 0 Å². The van der Waals surface area contributed by atoms with Crippen LogP contribution in [-0.4, -0.2) is 38.4 Å². The molecule has 6 heteroatoms. The highest BCUT2D eigenvalue weighted by atomic mass is 16.5. The summed E-state index contributed by atoms with van der Waals surface area (Å²) in [6.07, 6.45) is 0. The maximum atomic E-state index is 6.08. The fourth-order valence-corrected chi connectivity index (χ4v) is 2.95. The molecule has 2 N–H and O–H groups in total. The molecule has 0 atom stereocenters. The Morgan fingerprint density at radius 1 is 0.903 bits per heavy atom. The van der Waals surface area contributed by atoms with Crippen molar-refractivity contribution in [3.63, 3.8) is 0 Å². The summed E-state index contributed by atoms with van der Waals surface area (Å²) in [6.45, 7) is 12.0. The minimum absolute atomic E-state index is 0.242. The lowest BCUT2D eigenvalue weighted by atomic mass is 10.1. The Balaban J connectivity index is 1.85. The topological polar surface area (TPSA) is 64.1 Å². The average Bonchev–Trinajstić information content (AvgIpc) is 2.74. The second kappa shape index (κ2) is 13.0. The predicted octanol–water partition coefficient (Wildman–Crippen LogP) is 4.28. The van der Waals surface area contributed by atoms with Gasteiger partial charge in [-0.05, 0) is 44.9 Å². The first-order chi connectivity index (χ1) is 14.9. The van der Waals surface area contributed by atoms with Crippen LogP contribution in [0.25, 0.3) is 0 Å². The number of nitrogens with zero attached hydrogens (tertiary/aromatic N) is 1. The molecule has 0 aliphatic heterocycles. The van der Waals surface area contributed by atoms with E-state index in [1.807, 2.05) is 25.1 Å². The lowest BCUT2D eigenvalue weighted by Crippen LogP contribution is -2.36. The molecule has 6 nitrogen and oxygen atoms in total. The lowest BCUT2D eigenvalue weighted by molar-refractivity contribution is 0.0453. The molecule has 2 aromatic rings. The minimum atomic E-state index is -0.242. The van der Waals surface area contributed by atoms with Crippen LogP contribution in [-0.2, 0) is 29.2 Å². The zero-order valence-electron chi connectivity index (χ0n) is 19.5. The van der Waals surface area contributed by atoms with Gasteiger partial charge in [-0.3, -0.25) is 4.99 Å². The largest absolute Gasteiger partial charge is 0.488 e. The summed E-state index contributed by atoms with van der Waals surface area (Å²) in [5, 5.41) is 6.74. The molecule has 2 rings (SSSR count). The van der Waals surface area contributed by atoms with Crippen molar-refractivity contribution < 1.29 is 14.2 Å². The molecular formula is C25H37N3O3. The van der Waals surface area contributed by atoms with Crippen molar-refractivity contribution in [3.8, 4) is 5.75 Å². The number of rotatable bonds is 11. The van der Waals surface area contributed by atoms with Gasteiger partial charge in [-0.1, -0.05) is 42.5 Å². The average molecular weight is 428 g/mol. The Morgan fingerprint density at radius 3 is 2.35 bits per heavy atom. The molecule has 31 heavy (non-hydrogen) atoms. The first-order valence-electron chi connectivity index (χ1n) is 10.9. The van der Waals surface area contributed by atoms with Gasteiger partial charge in [0.1, 0.15) is 11.4 Å². The number of guanidine groups is 1. The van der Waals surface area contributed by atoms with Crippen molar-refractivity contribution in [1.29, 1.82) is 0 Å². The Kier molecular flexibility index (Phi) is 10.3. The van der Waals surface area contributed by atoms with E-state index in [0.717, 1.165) is 29.4 Å². The van der Waals surface area contributed by atoms with Gasteiger partial charge in [0.2, 0.25) is 0 Å². The number of hydrogen-bond donors (Lipinski definition) is 2. The second-order valence-corrected chi connectivity index (χ2v) is 8.17. The van der Waals surface area contributed by atoms with Crippen molar-refractivity contribution in [3.05, 3.63) is 65.2 Å². The monoisotopic (exact) mass is 427 g/mol. The highest BCUT2D eigenvalue weighted by molar-refractivity contribution is 5.79. The molecule has 0 spiro atoms. The standard InChI is InChI=1S/C25H37N3O3/c1-6-29-14-15-30-19-21-11-9-10-20(16-21)17-27-24(26-5)28-18-22-12-7-8-13-23(22)31-25(2,3)4/h7-13,16H,6,14-15,17-19H2,1-5H3,(H2,26,27,28). The van der Waals surface area contributed by atoms with E-state index in [1.54, 1.807) is 7.05 Å². The fourth-order valence-electron chi connectivity index (χ4n) is 2.95. The number of para-hydroxylation sites is 1. The summed E-state index contributed by atoms with van der Waals surface area (Å²) >= 11 is 0. The van der Waals surface area contributed by atoms with Crippen LogP contribution >= 0.6 is 0 Å². The first-order valence-corrected chi connectivity index (χ1v) is 10.9. The molecule has 0 saturated carbocycles. The molecule has 170 valence electrons. The highest BCUT2D eigenvalue weighted by Crippen LogP contribution is 2.22. The number of nitrogens with one attached hydrogen (secondary N) is 2. The molecule has 0 bridgehead atoms. The number of ether oxygens (including phenoxy) is 3. The molecule has 0 aliphatic rings. The molecule has 0 amide bonds. The van der Waals surface area contributed by atoms with Gasteiger partial charge in [-0.25, -0.2) is 0 Å². The Bertz CT molecular complexity index is 816. The van der Waals surface area contributed by atoms with Crippen molar-refractivity contribution in [2.24, 2.45) is 4.99 Å². The Labute approximate surface area is 187 Å². The van der Waals surface area contributed by atoms with Gasteiger partial charge in [0.05, 0.1) is 19.8 Å². The first kappa shape index (κ1) is 24.7. The quantitative estimate of drug-likeness (QED) is 0.318. The third-order valence-electron chi connectivity index (χ3n) is 4.35. The third kappa shape index (κ3) is 9.85. The molecule has 0 fully saturated rings. The maximum absolute atomic E-state index is 6.08. The molecule has 0 aromatic heterocycles. The number of benzene rings is 2. The zero-order valence-corrected chi connectivity index (χ0v) is 19.5. The van der Waals surface area contributed by atoms with E-state index in [-0.39, 0.29) is 5.60 Å². The molecule has 0 radical (unpaired) electrons. The van der Waals surface area contributed by atoms with Crippen LogP contribution in [0.15, 0.2) is 53.5 Å². The Morgan fingerprint density at radius 2 is 1.61 bits per heavy atom. The van der Waals surface area contributed by atoms with Crippen molar-refractivity contribution in [2.75, 3.05) is 26.9 Å². The molecule has 2 aromatic carbocycles. The molecule has 0 saturated heterocycles. The molecule has 0 aliphatic carbocycles. The van der Waals surface area contributed by atoms with Crippen LogP contribution < -0.4 is 15.4 Å². The van der Waals surface area contributed by atoms with Crippen molar-refractivity contribution in [2.45, 2.75) is 53.0 Å². The van der Waals surface area contributed by atoms with E-state index < -0.39 is 0 Å². The molecular weight excluding hydrogens is 390 g/mol. The van der Waals surface area contributed by atoms with Crippen LogP contribution in [0.3, 0.4) is 0 Å². The normalized spacial score (nSPS) is 12.0. The number of hydrogen-bond acceptors (Lipinski definition) is 4. The highest BCUT2D eigenvalue weighted by Gasteiger charge is 2.14. The van der Waals surface area contributed by atoms with Gasteiger partial charge in [0, 0.05) is 32.3 Å². The van der Waals surface area contributed by atoms with Gasteiger partial charge in [-0.2, -0.15) is 0 Å². The Hall–Kier alpha value is -2.57. The smallest absolute Gasteiger partial charge is 0.191 e. The summed E-state index contributed by atoms with van der Waals surface area (Å²) in [5.74, 6) is 1.62. The molecule has 0 unspecified atom stereocenters. The van der Waals surface area contributed by atoms with Crippen LogP contribution in [0, 0.1) is 0 Å². The summed E-state index contributed by atoms with van der Waals surface area (Å²) < 4.78 is 17.0. The zero-order chi connectivity index (χ0) is 22.5. The summed E-state index contributed by atoms with van der Waals surface area (Å²) in [5.41, 5.74) is 3.16. The van der Waals surface area contributed by atoms with E-state index in [2.05, 4.69) is 66.7 Å². The van der Waals surface area contributed by atoms with Gasteiger partial charge in [-0.15, -0.1) is 0 Å². The van der Waals surface area contributed by atoms with E-state index in [0.29, 0.717) is 32.9 Å². The van der Waals surface area contributed by atoms with Crippen LogP contribution in [0.1, 0.15) is 44.4 Å². The van der Waals surface area contributed by atoms with Gasteiger partial charge in [0.15, 0.2) is 5.96 Å².